The Morgan fingerprint density at radius 1 is 1.38 bits per heavy atom. The van der Waals surface area contributed by atoms with E-state index in [4.69, 9.17) is 4.74 Å². The quantitative estimate of drug-likeness (QED) is 0.698. The Morgan fingerprint density at radius 3 is 2.85 bits per heavy atom. The number of allylic oxidation sites excluding steroid dienone is 1. The third-order valence-electron chi connectivity index (χ3n) is 2.23. The van der Waals surface area contributed by atoms with Crippen molar-refractivity contribution in [2.45, 2.75) is 0 Å². The number of rotatable bonds is 1. The van der Waals surface area contributed by atoms with Crippen LogP contribution < -0.4 is 5.32 Å². The zero-order chi connectivity index (χ0) is 9.10. The first-order valence-corrected chi connectivity index (χ1v) is 5.29. The molecule has 0 unspecified atom stereocenters. The monoisotopic (exact) mass is 244 g/mol. The molecular weight excluding hydrogens is 232 g/mol. The van der Waals surface area contributed by atoms with E-state index in [2.05, 4.69) is 38.3 Å². The summed E-state index contributed by atoms with van der Waals surface area (Å²) in [5, 5.41) is 3.19. The fourth-order valence-corrected chi connectivity index (χ4v) is 1.93. The number of halogens is 1. The summed E-state index contributed by atoms with van der Waals surface area (Å²) in [4.78, 5) is 2.35. The fraction of sp³-hybridized carbons (Fsp3) is 0.556. The van der Waals surface area contributed by atoms with Gasteiger partial charge in [-0.25, -0.2) is 0 Å². The molecule has 1 fully saturated rings. The van der Waals surface area contributed by atoms with E-state index in [1.54, 1.807) is 0 Å². The molecule has 0 aromatic heterocycles. The van der Waals surface area contributed by atoms with Crippen molar-refractivity contribution in [1.82, 2.24) is 10.2 Å². The van der Waals surface area contributed by atoms with Gasteiger partial charge in [-0.1, -0.05) is 0 Å². The highest BCUT2D eigenvalue weighted by molar-refractivity contribution is 9.11. The number of nitrogens with zero attached hydrogens (tertiary/aromatic N) is 1. The molecule has 0 spiro atoms. The Morgan fingerprint density at radius 2 is 2.15 bits per heavy atom. The Balaban J connectivity index is 2.02. The molecule has 0 amide bonds. The van der Waals surface area contributed by atoms with Crippen molar-refractivity contribution >= 4 is 15.9 Å². The summed E-state index contributed by atoms with van der Waals surface area (Å²) < 4.78 is 6.37. The van der Waals surface area contributed by atoms with Crippen molar-refractivity contribution in [2.24, 2.45) is 0 Å². The average Bonchev–Trinajstić information content (AvgIpc) is 2.19. The highest BCUT2D eigenvalue weighted by Gasteiger charge is 2.13. The summed E-state index contributed by atoms with van der Waals surface area (Å²) in [6.45, 7) is 4.60. The zero-order valence-corrected chi connectivity index (χ0v) is 9.01. The third kappa shape index (κ3) is 2.25. The molecule has 0 aromatic rings. The minimum Gasteiger partial charge on any atom is -0.378 e. The van der Waals surface area contributed by atoms with Gasteiger partial charge < -0.3 is 15.0 Å². The first-order chi connectivity index (χ1) is 6.36. The van der Waals surface area contributed by atoms with Gasteiger partial charge in [0.15, 0.2) is 0 Å². The van der Waals surface area contributed by atoms with Crippen molar-refractivity contribution in [3.05, 3.63) is 22.5 Å². The van der Waals surface area contributed by atoms with E-state index in [1.165, 1.54) is 5.70 Å². The first kappa shape index (κ1) is 9.09. The molecule has 0 saturated carbocycles. The molecule has 1 saturated heterocycles. The molecular formula is C9H13BrN2O. The van der Waals surface area contributed by atoms with Gasteiger partial charge in [0.25, 0.3) is 0 Å². The van der Waals surface area contributed by atoms with Gasteiger partial charge in [0, 0.05) is 25.3 Å². The van der Waals surface area contributed by atoms with Crippen LogP contribution in [-0.2, 0) is 4.74 Å². The molecule has 4 heteroatoms. The van der Waals surface area contributed by atoms with E-state index < -0.39 is 0 Å². The smallest absolute Gasteiger partial charge is 0.0803 e. The predicted octanol–water partition coefficient (Wildman–Crippen LogP) is 1.04. The lowest BCUT2D eigenvalue weighted by molar-refractivity contribution is 0.0551. The van der Waals surface area contributed by atoms with Crippen LogP contribution in [0, 0.1) is 0 Å². The Bertz CT molecular complexity index is 244. The van der Waals surface area contributed by atoms with Gasteiger partial charge in [-0.3, -0.25) is 0 Å². The van der Waals surface area contributed by atoms with Crippen molar-refractivity contribution in [3.63, 3.8) is 0 Å². The zero-order valence-electron chi connectivity index (χ0n) is 7.42. The van der Waals surface area contributed by atoms with Gasteiger partial charge in [0.2, 0.25) is 0 Å². The molecule has 3 nitrogen and oxygen atoms in total. The second-order valence-corrected chi connectivity index (χ2v) is 3.96. The summed E-state index contributed by atoms with van der Waals surface area (Å²) in [6.07, 6.45) is 4.32. The Hall–Kier alpha value is -0.480. The lowest BCUT2D eigenvalue weighted by Gasteiger charge is -2.31. The van der Waals surface area contributed by atoms with Gasteiger partial charge in [0.05, 0.1) is 17.8 Å². The number of ether oxygens (including phenoxy) is 1. The summed E-state index contributed by atoms with van der Waals surface area (Å²) in [5.41, 5.74) is 1.30. The van der Waals surface area contributed by atoms with Crippen LogP contribution >= 0.6 is 15.9 Å². The molecule has 13 heavy (non-hydrogen) atoms. The van der Waals surface area contributed by atoms with Crippen molar-refractivity contribution in [2.75, 3.05) is 32.8 Å². The van der Waals surface area contributed by atoms with E-state index in [0.29, 0.717) is 0 Å². The topological polar surface area (TPSA) is 24.5 Å². The molecule has 0 radical (unpaired) electrons. The van der Waals surface area contributed by atoms with Gasteiger partial charge >= 0.3 is 0 Å². The van der Waals surface area contributed by atoms with Crippen LogP contribution in [0.5, 0.6) is 0 Å². The number of morpholine rings is 1. The minimum absolute atomic E-state index is 0.843. The van der Waals surface area contributed by atoms with E-state index in [0.717, 1.165) is 37.5 Å². The number of hydrogen-bond donors (Lipinski definition) is 1. The highest BCUT2D eigenvalue weighted by atomic mass is 79.9. The molecule has 2 aliphatic heterocycles. The van der Waals surface area contributed by atoms with Crippen LogP contribution in [-0.4, -0.2) is 37.7 Å². The highest BCUT2D eigenvalue weighted by Crippen LogP contribution is 2.15. The summed E-state index contributed by atoms with van der Waals surface area (Å²) >= 11 is 3.45. The van der Waals surface area contributed by atoms with Gasteiger partial charge in [-0.15, -0.1) is 0 Å². The summed E-state index contributed by atoms with van der Waals surface area (Å²) in [6, 6.07) is 0. The molecule has 2 heterocycles. The van der Waals surface area contributed by atoms with E-state index in [1.807, 2.05) is 0 Å². The maximum Gasteiger partial charge on any atom is 0.0803 e. The fourth-order valence-electron chi connectivity index (χ4n) is 1.53. The van der Waals surface area contributed by atoms with Crippen LogP contribution in [0.3, 0.4) is 0 Å². The molecule has 2 rings (SSSR count). The van der Waals surface area contributed by atoms with E-state index >= 15 is 0 Å². The van der Waals surface area contributed by atoms with Crippen LogP contribution in [0.4, 0.5) is 0 Å². The maximum absolute atomic E-state index is 5.30. The number of nitrogens with one attached hydrogen (secondary N) is 1. The van der Waals surface area contributed by atoms with Gasteiger partial charge in [-0.2, -0.15) is 0 Å². The third-order valence-corrected chi connectivity index (χ3v) is 2.74. The number of hydrogen-bond acceptors (Lipinski definition) is 3. The van der Waals surface area contributed by atoms with Crippen molar-refractivity contribution in [1.29, 1.82) is 0 Å². The molecule has 0 aliphatic carbocycles. The van der Waals surface area contributed by atoms with Crippen molar-refractivity contribution in [3.8, 4) is 0 Å². The normalized spacial score (nSPS) is 23.3. The SMILES string of the molecule is BrC1=CC(N2CCOCC2)=CCN1. The summed E-state index contributed by atoms with van der Waals surface area (Å²) in [5.74, 6) is 0. The van der Waals surface area contributed by atoms with Crippen LogP contribution in [0.2, 0.25) is 0 Å². The largest absolute Gasteiger partial charge is 0.378 e. The molecule has 0 bridgehead atoms. The lowest BCUT2D eigenvalue weighted by atomic mass is 10.2. The van der Waals surface area contributed by atoms with Crippen LogP contribution in [0.25, 0.3) is 0 Å². The molecule has 0 aromatic carbocycles. The van der Waals surface area contributed by atoms with Crippen molar-refractivity contribution < 1.29 is 4.74 Å². The lowest BCUT2D eigenvalue weighted by Crippen LogP contribution is -2.36. The maximum atomic E-state index is 5.30. The Labute approximate surface area is 86.6 Å². The summed E-state index contributed by atoms with van der Waals surface area (Å²) in [7, 11) is 0. The van der Waals surface area contributed by atoms with Crippen LogP contribution in [0.15, 0.2) is 22.5 Å². The average molecular weight is 245 g/mol. The minimum atomic E-state index is 0.843. The van der Waals surface area contributed by atoms with E-state index in [-0.39, 0.29) is 0 Å². The standard InChI is InChI=1S/C9H13BrN2O/c10-9-7-8(1-2-11-9)12-3-5-13-6-4-12/h1,7,11H,2-6H2. The number of dihydropyridines is 1. The van der Waals surface area contributed by atoms with Crippen LogP contribution in [0.1, 0.15) is 0 Å². The predicted molar refractivity (Wildman–Crippen MR) is 55.5 cm³/mol. The molecule has 72 valence electrons. The first-order valence-electron chi connectivity index (χ1n) is 4.50. The van der Waals surface area contributed by atoms with Gasteiger partial charge in [0.1, 0.15) is 0 Å². The molecule has 1 N–H and O–H groups in total. The second-order valence-electron chi connectivity index (χ2n) is 3.10. The molecule has 2 aliphatic rings. The van der Waals surface area contributed by atoms with E-state index in [9.17, 15) is 0 Å². The Kier molecular flexibility index (Phi) is 2.90. The molecule has 0 atom stereocenters. The second kappa shape index (κ2) is 4.15. The van der Waals surface area contributed by atoms with Gasteiger partial charge in [-0.05, 0) is 28.1 Å².